The molecule has 2 aliphatic rings. The highest BCUT2D eigenvalue weighted by atomic mass is 127. The van der Waals surface area contributed by atoms with Gasteiger partial charge in [0.1, 0.15) is 5.76 Å². The van der Waals surface area contributed by atoms with Gasteiger partial charge in [0.25, 0.3) is 0 Å². The fraction of sp³-hybridized carbons (Fsp3) is 0.520. The third-order valence-corrected chi connectivity index (χ3v) is 6.48. The van der Waals surface area contributed by atoms with Gasteiger partial charge in [-0.25, -0.2) is 0 Å². The van der Waals surface area contributed by atoms with E-state index in [0.717, 1.165) is 57.3 Å². The van der Waals surface area contributed by atoms with Crippen LogP contribution >= 0.6 is 24.0 Å². The van der Waals surface area contributed by atoms with E-state index in [1.54, 1.807) is 13.3 Å². The summed E-state index contributed by atoms with van der Waals surface area (Å²) in [7, 11) is 1.78. The van der Waals surface area contributed by atoms with Gasteiger partial charge in [-0.05, 0) is 62.0 Å². The number of amides is 1. The summed E-state index contributed by atoms with van der Waals surface area (Å²) in [4.78, 5) is 21.5. The van der Waals surface area contributed by atoms with Crippen LogP contribution in [0.2, 0.25) is 0 Å². The van der Waals surface area contributed by atoms with Gasteiger partial charge in [-0.15, -0.1) is 24.0 Å². The largest absolute Gasteiger partial charge is 0.468 e. The van der Waals surface area contributed by atoms with Crippen molar-refractivity contribution in [3.05, 3.63) is 59.5 Å². The van der Waals surface area contributed by atoms with Crippen molar-refractivity contribution in [2.75, 3.05) is 39.8 Å². The van der Waals surface area contributed by atoms with E-state index in [4.69, 9.17) is 4.42 Å². The molecule has 33 heavy (non-hydrogen) atoms. The summed E-state index contributed by atoms with van der Waals surface area (Å²) in [5, 5.41) is 6.79. The van der Waals surface area contributed by atoms with Crippen LogP contribution in [0.15, 0.2) is 52.1 Å². The van der Waals surface area contributed by atoms with Crippen molar-refractivity contribution in [2.45, 2.75) is 44.7 Å². The van der Waals surface area contributed by atoms with Crippen molar-refractivity contribution < 1.29 is 9.21 Å². The Hall–Kier alpha value is -2.07. The molecule has 2 aromatic rings. The molecule has 1 unspecified atom stereocenters. The average molecular weight is 566 g/mol. The number of hydrogen-bond donors (Lipinski definition) is 2. The van der Waals surface area contributed by atoms with E-state index in [1.807, 2.05) is 17.0 Å². The third-order valence-electron chi connectivity index (χ3n) is 6.48. The zero-order valence-electron chi connectivity index (χ0n) is 19.5. The summed E-state index contributed by atoms with van der Waals surface area (Å²) in [6.45, 7) is 5.20. The molecule has 0 radical (unpaired) electrons. The van der Waals surface area contributed by atoms with Gasteiger partial charge in [-0.3, -0.25) is 14.7 Å². The quantitative estimate of drug-likeness (QED) is 0.222. The zero-order chi connectivity index (χ0) is 22.2. The standard InChI is InChI=1S/C25H35N5O2.HI/c1-26-25(28-18-22(23-10-7-17-32-23)29-14-4-5-15-29)27-13-6-11-24(31)30-16-12-20-8-2-3-9-21(20)19-30;/h2-3,7-10,17,22H,4-6,11-16,18-19H2,1H3,(H2,26,27,28);1H. The molecular weight excluding hydrogens is 529 g/mol. The summed E-state index contributed by atoms with van der Waals surface area (Å²) < 4.78 is 5.69. The van der Waals surface area contributed by atoms with E-state index in [1.165, 1.54) is 24.0 Å². The third kappa shape index (κ3) is 6.96. The Kier molecular flexibility index (Phi) is 10.1. The predicted octanol–water partition coefficient (Wildman–Crippen LogP) is 3.56. The number of carbonyl (C=O) groups excluding carboxylic acids is 1. The lowest BCUT2D eigenvalue weighted by molar-refractivity contribution is -0.132. The summed E-state index contributed by atoms with van der Waals surface area (Å²) in [6.07, 6.45) is 6.50. The van der Waals surface area contributed by atoms with Gasteiger partial charge in [-0.1, -0.05) is 24.3 Å². The SMILES string of the molecule is CN=C(NCCCC(=O)N1CCc2ccccc2C1)NCC(c1ccco1)N1CCCC1.I. The topological polar surface area (TPSA) is 73.1 Å². The first-order chi connectivity index (χ1) is 15.7. The maximum atomic E-state index is 12.7. The molecule has 8 heteroatoms. The van der Waals surface area contributed by atoms with Gasteiger partial charge in [0.2, 0.25) is 5.91 Å². The summed E-state index contributed by atoms with van der Waals surface area (Å²) in [5.74, 6) is 1.99. The van der Waals surface area contributed by atoms with Crippen LogP contribution in [-0.2, 0) is 17.8 Å². The molecule has 2 aliphatic heterocycles. The number of halogens is 1. The molecular formula is C25H36IN5O2. The molecule has 1 aromatic heterocycles. The number of guanidine groups is 1. The van der Waals surface area contributed by atoms with Crippen LogP contribution in [0.5, 0.6) is 0 Å². The molecule has 1 fully saturated rings. The number of hydrogen-bond acceptors (Lipinski definition) is 4. The van der Waals surface area contributed by atoms with Crippen LogP contribution in [0.4, 0.5) is 0 Å². The normalized spacial score (nSPS) is 17.2. The summed E-state index contributed by atoms with van der Waals surface area (Å²) in [5.41, 5.74) is 2.65. The number of likely N-dealkylation sites (tertiary alicyclic amines) is 1. The number of fused-ring (bicyclic) bond motifs is 1. The minimum atomic E-state index is 0. The number of nitrogens with zero attached hydrogens (tertiary/aromatic N) is 3. The highest BCUT2D eigenvalue weighted by Crippen LogP contribution is 2.25. The van der Waals surface area contributed by atoms with Crippen LogP contribution in [0, 0.1) is 0 Å². The lowest BCUT2D eigenvalue weighted by Crippen LogP contribution is -2.43. The molecule has 0 bridgehead atoms. The summed E-state index contributed by atoms with van der Waals surface area (Å²) >= 11 is 0. The number of aliphatic imine (C=N–C) groups is 1. The Balaban J connectivity index is 0.00000306. The minimum Gasteiger partial charge on any atom is -0.468 e. The maximum absolute atomic E-state index is 12.7. The monoisotopic (exact) mass is 565 g/mol. The molecule has 180 valence electrons. The van der Waals surface area contributed by atoms with E-state index in [9.17, 15) is 4.79 Å². The Labute approximate surface area is 214 Å². The fourth-order valence-corrected chi connectivity index (χ4v) is 4.67. The second kappa shape index (κ2) is 13.0. The lowest BCUT2D eigenvalue weighted by Gasteiger charge is -2.29. The number of furan rings is 1. The zero-order valence-corrected chi connectivity index (χ0v) is 21.8. The second-order valence-electron chi connectivity index (χ2n) is 8.59. The molecule has 1 aromatic carbocycles. The van der Waals surface area contributed by atoms with Gasteiger partial charge >= 0.3 is 0 Å². The van der Waals surface area contributed by atoms with E-state index in [-0.39, 0.29) is 35.9 Å². The average Bonchev–Trinajstić information content (AvgIpc) is 3.55. The summed E-state index contributed by atoms with van der Waals surface area (Å²) in [6, 6.07) is 12.6. The first kappa shape index (κ1) is 25.6. The smallest absolute Gasteiger partial charge is 0.222 e. The van der Waals surface area contributed by atoms with Crippen molar-refractivity contribution in [1.29, 1.82) is 0 Å². The van der Waals surface area contributed by atoms with Crippen LogP contribution in [0.1, 0.15) is 48.6 Å². The molecule has 1 amide bonds. The molecule has 1 saturated heterocycles. The number of rotatable bonds is 8. The van der Waals surface area contributed by atoms with Crippen LogP contribution in [0.25, 0.3) is 0 Å². The van der Waals surface area contributed by atoms with Crippen LogP contribution in [-0.4, -0.2) is 61.4 Å². The van der Waals surface area contributed by atoms with E-state index in [0.29, 0.717) is 13.0 Å². The number of carbonyl (C=O) groups is 1. The molecule has 1 atom stereocenters. The number of nitrogens with one attached hydrogen (secondary N) is 2. The maximum Gasteiger partial charge on any atom is 0.222 e. The minimum absolute atomic E-state index is 0. The van der Waals surface area contributed by atoms with E-state index >= 15 is 0 Å². The molecule has 3 heterocycles. The first-order valence-corrected chi connectivity index (χ1v) is 11.8. The van der Waals surface area contributed by atoms with Crippen molar-refractivity contribution in [3.63, 3.8) is 0 Å². The number of benzene rings is 1. The van der Waals surface area contributed by atoms with Crippen LogP contribution in [0.3, 0.4) is 0 Å². The van der Waals surface area contributed by atoms with Crippen molar-refractivity contribution in [1.82, 2.24) is 20.4 Å². The Bertz CT molecular complexity index is 896. The van der Waals surface area contributed by atoms with E-state index < -0.39 is 0 Å². The van der Waals surface area contributed by atoms with Gasteiger partial charge in [0, 0.05) is 39.6 Å². The molecule has 0 aliphatic carbocycles. The van der Waals surface area contributed by atoms with Gasteiger partial charge in [0.05, 0.1) is 12.3 Å². The van der Waals surface area contributed by atoms with Gasteiger partial charge in [0.15, 0.2) is 5.96 Å². The first-order valence-electron chi connectivity index (χ1n) is 11.8. The van der Waals surface area contributed by atoms with Crippen LogP contribution < -0.4 is 10.6 Å². The molecule has 4 rings (SSSR count). The van der Waals surface area contributed by atoms with Gasteiger partial charge < -0.3 is 20.0 Å². The van der Waals surface area contributed by atoms with E-state index in [2.05, 4.69) is 44.8 Å². The molecule has 7 nitrogen and oxygen atoms in total. The Morgan fingerprint density at radius 2 is 1.88 bits per heavy atom. The highest BCUT2D eigenvalue weighted by molar-refractivity contribution is 14.0. The van der Waals surface area contributed by atoms with Crippen molar-refractivity contribution in [2.24, 2.45) is 4.99 Å². The Morgan fingerprint density at radius 3 is 2.61 bits per heavy atom. The lowest BCUT2D eigenvalue weighted by atomic mass is 9.99. The van der Waals surface area contributed by atoms with Crippen molar-refractivity contribution in [3.8, 4) is 0 Å². The highest BCUT2D eigenvalue weighted by Gasteiger charge is 2.25. The predicted molar refractivity (Wildman–Crippen MR) is 142 cm³/mol. The van der Waals surface area contributed by atoms with Crippen molar-refractivity contribution >= 4 is 35.8 Å². The molecule has 0 saturated carbocycles. The molecule has 0 spiro atoms. The van der Waals surface area contributed by atoms with Gasteiger partial charge in [-0.2, -0.15) is 0 Å². The second-order valence-corrected chi connectivity index (χ2v) is 8.59. The molecule has 2 N–H and O–H groups in total. The fourth-order valence-electron chi connectivity index (χ4n) is 4.67. The Morgan fingerprint density at radius 1 is 1.09 bits per heavy atom.